The normalized spacial score (nSPS) is 15.6. The number of piperidine rings is 1. The SMILES string of the molecule is CS(=O)(=O)N1CCC(Nc2ncc(C(F)(F)F)c(-c3cn(-c4ccc(C#N)cc4CO)cn3)n2)CC1. The summed E-state index contributed by atoms with van der Waals surface area (Å²) in [5, 5.41) is 21.7. The van der Waals surface area contributed by atoms with Gasteiger partial charge >= 0.3 is 6.18 Å². The van der Waals surface area contributed by atoms with Gasteiger partial charge in [-0.25, -0.2) is 27.7 Å². The summed E-state index contributed by atoms with van der Waals surface area (Å²) in [6, 6.07) is 6.33. The molecule has 1 fully saturated rings. The maximum Gasteiger partial charge on any atom is 0.420 e. The summed E-state index contributed by atoms with van der Waals surface area (Å²) >= 11 is 0. The smallest absolute Gasteiger partial charge is 0.392 e. The quantitative estimate of drug-likeness (QED) is 0.505. The lowest BCUT2D eigenvalue weighted by atomic mass is 10.1. The first-order chi connectivity index (χ1) is 17.0. The lowest BCUT2D eigenvalue weighted by molar-refractivity contribution is -0.137. The predicted molar refractivity (Wildman–Crippen MR) is 123 cm³/mol. The summed E-state index contributed by atoms with van der Waals surface area (Å²) in [6.07, 6.45) is 0.638. The molecule has 0 spiro atoms. The zero-order chi connectivity index (χ0) is 26.1. The van der Waals surface area contributed by atoms with Crippen LogP contribution in [0.5, 0.6) is 0 Å². The van der Waals surface area contributed by atoms with Gasteiger partial charge in [0.25, 0.3) is 0 Å². The van der Waals surface area contributed by atoms with Crippen LogP contribution < -0.4 is 5.32 Å². The standard InChI is InChI=1S/C22H22F3N7O3S/c1-36(34,35)32-6-4-16(5-7-32)29-21-27-10-17(22(23,24)25)20(30-21)18-11-31(13-28-18)19-3-2-14(9-26)8-15(19)12-33/h2-3,8,10-11,13,16,33H,4-7,12H2,1H3,(H,27,29,30). The Morgan fingerprint density at radius 3 is 2.58 bits per heavy atom. The van der Waals surface area contributed by atoms with E-state index in [1.54, 1.807) is 6.07 Å². The zero-order valence-corrected chi connectivity index (χ0v) is 19.9. The number of alkyl halides is 3. The second-order valence-corrected chi connectivity index (χ2v) is 10.3. The van der Waals surface area contributed by atoms with E-state index >= 15 is 0 Å². The monoisotopic (exact) mass is 521 g/mol. The number of benzene rings is 1. The molecule has 190 valence electrons. The van der Waals surface area contributed by atoms with Gasteiger partial charge in [-0.05, 0) is 31.0 Å². The van der Waals surface area contributed by atoms with Gasteiger partial charge in [-0.15, -0.1) is 0 Å². The molecule has 10 nitrogen and oxygen atoms in total. The third kappa shape index (κ3) is 5.48. The average molecular weight is 522 g/mol. The van der Waals surface area contributed by atoms with E-state index < -0.39 is 27.5 Å². The van der Waals surface area contributed by atoms with Crippen molar-refractivity contribution in [3.05, 3.63) is 53.6 Å². The minimum atomic E-state index is -4.73. The number of aliphatic hydroxyl groups excluding tert-OH is 1. The van der Waals surface area contributed by atoms with Crippen molar-refractivity contribution in [3.8, 4) is 23.1 Å². The summed E-state index contributed by atoms with van der Waals surface area (Å²) in [7, 11) is -3.31. The number of nitriles is 1. The molecule has 2 N–H and O–H groups in total. The molecule has 3 heterocycles. The molecule has 0 saturated carbocycles. The largest absolute Gasteiger partial charge is 0.420 e. The Hall–Kier alpha value is -3.54. The van der Waals surface area contributed by atoms with E-state index in [0.717, 1.165) is 6.26 Å². The molecular weight excluding hydrogens is 499 g/mol. The van der Waals surface area contributed by atoms with Crippen molar-refractivity contribution < 1.29 is 26.7 Å². The molecule has 0 radical (unpaired) electrons. The molecule has 0 aliphatic carbocycles. The van der Waals surface area contributed by atoms with E-state index in [4.69, 9.17) is 5.26 Å². The van der Waals surface area contributed by atoms with Gasteiger partial charge in [0.2, 0.25) is 16.0 Å². The van der Waals surface area contributed by atoms with Crippen LogP contribution in [0.4, 0.5) is 19.1 Å². The van der Waals surface area contributed by atoms with Crippen LogP contribution in [-0.4, -0.2) is 62.7 Å². The molecule has 36 heavy (non-hydrogen) atoms. The molecule has 0 amide bonds. The second kappa shape index (κ2) is 9.84. The van der Waals surface area contributed by atoms with Crippen LogP contribution in [0.3, 0.4) is 0 Å². The van der Waals surface area contributed by atoms with Gasteiger partial charge in [-0.2, -0.15) is 18.4 Å². The Morgan fingerprint density at radius 2 is 1.97 bits per heavy atom. The number of hydrogen-bond donors (Lipinski definition) is 2. The van der Waals surface area contributed by atoms with Crippen LogP contribution in [-0.2, 0) is 22.8 Å². The summed E-state index contributed by atoms with van der Waals surface area (Å²) < 4.78 is 67.4. The number of aliphatic hydroxyl groups is 1. The molecule has 3 aromatic rings. The number of hydrogen-bond acceptors (Lipinski definition) is 8. The Balaban J connectivity index is 1.64. The Morgan fingerprint density at radius 1 is 1.25 bits per heavy atom. The third-order valence-electron chi connectivity index (χ3n) is 5.83. The van der Waals surface area contributed by atoms with Gasteiger partial charge in [0.15, 0.2) is 0 Å². The van der Waals surface area contributed by atoms with Crippen molar-refractivity contribution >= 4 is 16.0 Å². The summed E-state index contributed by atoms with van der Waals surface area (Å²) in [4.78, 5) is 12.0. The molecule has 0 unspecified atom stereocenters. The van der Waals surface area contributed by atoms with E-state index in [9.17, 15) is 26.7 Å². The van der Waals surface area contributed by atoms with Crippen LogP contribution in [0.15, 0.2) is 36.9 Å². The number of sulfonamides is 1. The van der Waals surface area contributed by atoms with Gasteiger partial charge < -0.3 is 15.0 Å². The summed E-state index contributed by atoms with van der Waals surface area (Å²) in [5.74, 6) is -0.0280. The Labute approximate surface area is 205 Å². The fraction of sp³-hybridized carbons (Fsp3) is 0.364. The van der Waals surface area contributed by atoms with Crippen LogP contribution in [0.25, 0.3) is 17.1 Å². The van der Waals surface area contributed by atoms with Crippen LogP contribution in [0.1, 0.15) is 29.5 Å². The highest BCUT2D eigenvalue weighted by Crippen LogP contribution is 2.36. The first kappa shape index (κ1) is 25.5. The van der Waals surface area contributed by atoms with Crippen LogP contribution in [0, 0.1) is 11.3 Å². The number of imidazole rings is 1. The highest BCUT2D eigenvalue weighted by Gasteiger charge is 2.36. The molecule has 0 bridgehead atoms. The van der Waals surface area contributed by atoms with E-state index in [-0.39, 0.29) is 37.4 Å². The highest BCUT2D eigenvalue weighted by atomic mass is 32.2. The maximum atomic E-state index is 13.7. The fourth-order valence-corrected chi connectivity index (χ4v) is 4.85. The number of nitrogens with one attached hydrogen (secondary N) is 1. The van der Waals surface area contributed by atoms with Crippen molar-refractivity contribution in [2.75, 3.05) is 24.7 Å². The molecule has 1 aliphatic rings. The van der Waals surface area contributed by atoms with Gasteiger partial charge in [-0.3, -0.25) is 0 Å². The van der Waals surface area contributed by atoms with Gasteiger partial charge in [0.05, 0.1) is 36.5 Å². The first-order valence-electron chi connectivity index (χ1n) is 10.8. The average Bonchev–Trinajstić information content (AvgIpc) is 3.32. The van der Waals surface area contributed by atoms with Crippen molar-refractivity contribution in [3.63, 3.8) is 0 Å². The van der Waals surface area contributed by atoms with Gasteiger partial charge in [-0.1, -0.05) is 0 Å². The van der Waals surface area contributed by atoms with Crippen molar-refractivity contribution in [2.45, 2.75) is 31.7 Å². The molecule has 1 saturated heterocycles. The van der Waals surface area contributed by atoms with E-state index in [1.807, 2.05) is 6.07 Å². The lowest BCUT2D eigenvalue weighted by Gasteiger charge is -2.30. The molecule has 2 aromatic heterocycles. The van der Waals surface area contributed by atoms with Crippen molar-refractivity contribution in [1.29, 1.82) is 5.26 Å². The second-order valence-electron chi connectivity index (χ2n) is 8.31. The summed E-state index contributed by atoms with van der Waals surface area (Å²) in [6.45, 7) is 0.185. The predicted octanol–water partition coefficient (Wildman–Crippen LogP) is 2.55. The minimum Gasteiger partial charge on any atom is -0.392 e. The first-order valence-corrected chi connectivity index (χ1v) is 12.7. The van der Waals surface area contributed by atoms with Crippen molar-refractivity contribution in [1.82, 2.24) is 23.8 Å². The number of aromatic nitrogens is 4. The molecular formula is C22H22F3N7O3S. The van der Waals surface area contributed by atoms with Crippen LogP contribution >= 0.6 is 0 Å². The van der Waals surface area contributed by atoms with Gasteiger partial charge in [0, 0.05) is 37.1 Å². The minimum absolute atomic E-state index is 0.0280. The fourth-order valence-electron chi connectivity index (χ4n) is 3.98. The van der Waals surface area contributed by atoms with Crippen LogP contribution in [0.2, 0.25) is 0 Å². The van der Waals surface area contributed by atoms with E-state index in [0.29, 0.717) is 35.9 Å². The third-order valence-corrected chi connectivity index (χ3v) is 7.14. The van der Waals surface area contributed by atoms with Gasteiger partial charge in [0.1, 0.15) is 17.0 Å². The van der Waals surface area contributed by atoms with E-state index in [2.05, 4.69) is 20.3 Å². The number of halogens is 3. The van der Waals surface area contributed by atoms with Crippen molar-refractivity contribution in [2.24, 2.45) is 0 Å². The topological polar surface area (TPSA) is 137 Å². The molecule has 1 aromatic carbocycles. The zero-order valence-electron chi connectivity index (χ0n) is 19.1. The Bertz CT molecular complexity index is 1410. The van der Waals surface area contributed by atoms with E-state index in [1.165, 1.54) is 33.5 Å². The molecule has 0 atom stereocenters. The Kier molecular flexibility index (Phi) is 6.98. The number of rotatable bonds is 6. The highest BCUT2D eigenvalue weighted by molar-refractivity contribution is 7.88. The molecule has 4 rings (SSSR count). The number of nitrogens with zero attached hydrogens (tertiary/aromatic N) is 6. The number of anilines is 1. The lowest BCUT2D eigenvalue weighted by Crippen LogP contribution is -2.42. The summed E-state index contributed by atoms with van der Waals surface area (Å²) in [5.41, 5.74) is -0.364. The molecule has 14 heteroatoms. The molecule has 1 aliphatic heterocycles. The maximum absolute atomic E-state index is 13.7.